The van der Waals surface area contributed by atoms with Crippen molar-refractivity contribution in [1.82, 2.24) is 0 Å². The van der Waals surface area contributed by atoms with Crippen molar-refractivity contribution in [3.05, 3.63) is 64.2 Å². The van der Waals surface area contributed by atoms with E-state index in [0.717, 1.165) is 17.7 Å². The van der Waals surface area contributed by atoms with Crippen LogP contribution < -0.4 is 10.2 Å². The molecule has 0 radical (unpaired) electrons. The van der Waals surface area contributed by atoms with E-state index in [2.05, 4.69) is 5.32 Å². The number of benzene rings is 2. The number of nitrogens with one attached hydrogen (secondary N) is 1. The van der Waals surface area contributed by atoms with E-state index in [-0.39, 0.29) is 30.7 Å². The van der Waals surface area contributed by atoms with Crippen LogP contribution in [-0.2, 0) is 20.7 Å². The highest BCUT2D eigenvalue weighted by Crippen LogP contribution is 2.31. The molecule has 29 heavy (non-hydrogen) atoms. The Labute approximate surface area is 168 Å². The van der Waals surface area contributed by atoms with Crippen LogP contribution in [0.2, 0.25) is 0 Å². The molecule has 0 aliphatic carbocycles. The summed E-state index contributed by atoms with van der Waals surface area (Å²) in [6.07, 6.45) is 1.34. The standard InChI is InChI=1S/C21H23N3O5/c1-15-13-16-7-2-4-9-18(16)23(15)20(25)14-29-21(26)11-6-12-22-17-8-3-5-10-19(17)24(27)28/h2-5,7-10,15,22H,6,11-14H2,1H3/t15-/m0/s1. The molecule has 1 atom stereocenters. The van der Waals surface area contributed by atoms with E-state index < -0.39 is 10.9 Å². The van der Waals surface area contributed by atoms with Crippen LogP contribution in [0.25, 0.3) is 0 Å². The predicted molar refractivity (Wildman–Crippen MR) is 109 cm³/mol. The molecule has 0 aromatic heterocycles. The summed E-state index contributed by atoms with van der Waals surface area (Å²) in [4.78, 5) is 36.7. The third kappa shape index (κ3) is 4.90. The Balaban J connectivity index is 1.42. The van der Waals surface area contributed by atoms with E-state index in [1.807, 2.05) is 31.2 Å². The minimum Gasteiger partial charge on any atom is -0.456 e. The summed E-state index contributed by atoms with van der Waals surface area (Å²) in [5.74, 6) is -0.711. The first kappa shape index (κ1) is 20.3. The molecule has 3 rings (SSSR count). The molecule has 8 heteroatoms. The number of fused-ring (bicyclic) bond motifs is 1. The van der Waals surface area contributed by atoms with Gasteiger partial charge in [-0.15, -0.1) is 0 Å². The van der Waals surface area contributed by atoms with E-state index in [4.69, 9.17) is 4.74 Å². The van der Waals surface area contributed by atoms with Crippen molar-refractivity contribution < 1.29 is 19.2 Å². The molecule has 2 aromatic carbocycles. The maximum atomic E-state index is 12.5. The van der Waals surface area contributed by atoms with Crippen molar-refractivity contribution in [2.45, 2.75) is 32.2 Å². The van der Waals surface area contributed by atoms with Crippen LogP contribution in [0.5, 0.6) is 0 Å². The van der Waals surface area contributed by atoms with Crippen LogP contribution in [0.1, 0.15) is 25.3 Å². The number of esters is 1. The van der Waals surface area contributed by atoms with Crippen molar-refractivity contribution in [2.75, 3.05) is 23.4 Å². The Morgan fingerprint density at radius 2 is 1.93 bits per heavy atom. The van der Waals surface area contributed by atoms with Gasteiger partial charge in [-0.05, 0) is 37.5 Å². The lowest BCUT2D eigenvalue weighted by molar-refractivity contribution is -0.384. The Hall–Kier alpha value is -3.42. The largest absolute Gasteiger partial charge is 0.456 e. The second kappa shape index (κ2) is 9.18. The number of para-hydroxylation sites is 3. The molecule has 0 unspecified atom stereocenters. The van der Waals surface area contributed by atoms with E-state index in [1.165, 1.54) is 6.07 Å². The topological polar surface area (TPSA) is 102 Å². The number of amides is 1. The number of carbonyl (C=O) groups is 2. The number of ether oxygens (including phenoxy) is 1. The van der Waals surface area contributed by atoms with Gasteiger partial charge >= 0.3 is 5.97 Å². The lowest BCUT2D eigenvalue weighted by atomic mass is 10.1. The van der Waals surface area contributed by atoms with Crippen molar-refractivity contribution in [3.63, 3.8) is 0 Å². The average molecular weight is 397 g/mol. The van der Waals surface area contributed by atoms with Gasteiger partial charge in [0.2, 0.25) is 0 Å². The van der Waals surface area contributed by atoms with Crippen LogP contribution in [0, 0.1) is 10.1 Å². The highest BCUT2D eigenvalue weighted by atomic mass is 16.6. The summed E-state index contributed by atoms with van der Waals surface area (Å²) in [5.41, 5.74) is 2.37. The molecular formula is C21H23N3O5. The zero-order valence-corrected chi connectivity index (χ0v) is 16.2. The average Bonchev–Trinajstić information content (AvgIpc) is 3.05. The third-order valence-electron chi connectivity index (χ3n) is 4.81. The molecule has 1 aliphatic heterocycles. The number of nitro groups is 1. The summed E-state index contributed by atoms with van der Waals surface area (Å²) < 4.78 is 5.13. The minimum atomic E-state index is -0.470. The quantitative estimate of drug-likeness (QED) is 0.317. The number of nitrogens with zero attached hydrogens (tertiary/aromatic N) is 2. The molecular weight excluding hydrogens is 374 g/mol. The lowest BCUT2D eigenvalue weighted by Crippen LogP contribution is -2.38. The molecule has 0 spiro atoms. The zero-order chi connectivity index (χ0) is 20.8. The minimum absolute atomic E-state index is 0.0133. The van der Waals surface area contributed by atoms with E-state index in [0.29, 0.717) is 18.7 Å². The third-order valence-corrected chi connectivity index (χ3v) is 4.81. The van der Waals surface area contributed by atoms with Gasteiger partial charge in [-0.25, -0.2) is 0 Å². The Morgan fingerprint density at radius 1 is 1.21 bits per heavy atom. The van der Waals surface area contributed by atoms with Gasteiger partial charge in [0.25, 0.3) is 11.6 Å². The summed E-state index contributed by atoms with van der Waals surface area (Å²) in [5, 5.41) is 13.9. The smallest absolute Gasteiger partial charge is 0.306 e. The molecule has 1 amide bonds. The van der Waals surface area contributed by atoms with Gasteiger partial charge in [0.1, 0.15) is 5.69 Å². The summed E-state index contributed by atoms with van der Waals surface area (Å²) in [7, 11) is 0. The number of carbonyl (C=O) groups excluding carboxylic acids is 2. The molecule has 0 saturated heterocycles. The molecule has 1 aliphatic rings. The van der Waals surface area contributed by atoms with Crippen molar-refractivity contribution in [1.29, 1.82) is 0 Å². The number of nitro benzene ring substituents is 1. The summed E-state index contributed by atoms with van der Waals surface area (Å²) >= 11 is 0. The molecule has 1 heterocycles. The van der Waals surface area contributed by atoms with Crippen LogP contribution in [0.15, 0.2) is 48.5 Å². The number of hydrogen-bond acceptors (Lipinski definition) is 6. The van der Waals surface area contributed by atoms with Crippen molar-refractivity contribution >= 4 is 28.9 Å². The first-order valence-corrected chi connectivity index (χ1v) is 9.50. The Morgan fingerprint density at radius 3 is 2.72 bits per heavy atom. The highest BCUT2D eigenvalue weighted by molar-refractivity contribution is 5.97. The SMILES string of the molecule is C[C@H]1Cc2ccccc2N1C(=O)COC(=O)CCCNc1ccccc1[N+](=O)[O-]. The molecule has 0 bridgehead atoms. The van der Waals surface area contributed by atoms with Gasteiger partial charge in [-0.2, -0.15) is 0 Å². The van der Waals surface area contributed by atoms with E-state index in [9.17, 15) is 19.7 Å². The molecule has 1 N–H and O–H groups in total. The fraction of sp³-hybridized carbons (Fsp3) is 0.333. The highest BCUT2D eigenvalue weighted by Gasteiger charge is 2.30. The fourth-order valence-corrected chi connectivity index (χ4v) is 3.47. The predicted octanol–water partition coefficient (Wildman–Crippen LogP) is 3.31. The first-order chi connectivity index (χ1) is 14.0. The van der Waals surface area contributed by atoms with Crippen LogP contribution in [0.4, 0.5) is 17.1 Å². The second-order valence-electron chi connectivity index (χ2n) is 6.91. The first-order valence-electron chi connectivity index (χ1n) is 9.50. The van der Waals surface area contributed by atoms with Gasteiger partial charge in [-0.1, -0.05) is 30.3 Å². The lowest BCUT2D eigenvalue weighted by Gasteiger charge is -2.22. The summed E-state index contributed by atoms with van der Waals surface area (Å²) in [6, 6.07) is 14.1. The molecule has 0 saturated carbocycles. The van der Waals surface area contributed by atoms with Crippen LogP contribution in [0.3, 0.4) is 0 Å². The van der Waals surface area contributed by atoms with E-state index in [1.54, 1.807) is 23.1 Å². The Bertz CT molecular complexity index is 915. The van der Waals surface area contributed by atoms with E-state index >= 15 is 0 Å². The normalized spacial score (nSPS) is 14.9. The molecule has 2 aromatic rings. The van der Waals surface area contributed by atoms with Gasteiger partial charge in [-0.3, -0.25) is 19.7 Å². The monoisotopic (exact) mass is 397 g/mol. The summed E-state index contributed by atoms with van der Waals surface area (Å²) in [6.45, 7) is 2.05. The van der Waals surface area contributed by atoms with Gasteiger partial charge in [0.05, 0.1) is 4.92 Å². The van der Waals surface area contributed by atoms with Crippen molar-refractivity contribution in [3.8, 4) is 0 Å². The number of anilines is 2. The van der Waals surface area contributed by atoms with Gasteiger partial charge in [0.15, 0.2) is 6.61 Å². The maximum Gasteiger partial charge on any atom is 0.306 e. The van der Waals surface area contributed by atoms with Crippen LogP contribution >= 0.6 is 0 Å². The van der Waals surface area contributed by atoms with Gasteiger partial charge in [0, 0.05) is 30.8 Å². The molecule has 8 nitrogen and oxygen atoms in total. The van der Waals surface area contributed by atoms with Gasteiger partial charge < -0.3 is 15.0 Å². The molecule has 0 fully saturated rings. The number of rotatable bonds is 8. The Kier molecular flexibility index (Phi) is 6.43. The molecule has 152 valence electrons. The number of hydrogen-bond donors (Lipinski definition) is 1. The van der Waals surface area contributed by atoms with Crippen molar-refractivity contribution in [2.24, 2.45) is 0 Å². The second-order valence-corrected chi connectivity index (χ2v) is 6.91. The maximum absolute atomic E-state index is 12.5. The zero-order valence-electron chi connectivity index (χ0n) is 16.2. The van der Waals surface area contributed by atoms with Crippen LogP contribution in [-0.4, -0.2) is 36.0 Å². The fourth-order valence-electron chi connectivity index (χ4n) is 3.47.